The Labute approximate surface area is 234 Å². The highest BCUT2D eigenvalue weighted by molar-refractivity contribution is 5.99. The van der Waals surface area contributed by atoms with Crippen molar-refractivity contribution in [1.29, 1.82) is 0 Å². The van der Waals surface area contributed by atoms with Crippen LogP contribution in [0.25, 0.3) is 11.0 Å². The summed E-state index contributed by atoms with van der Waals surface area (Å²) in [7, 11) is 1.53. The lowest BCUT2D eigenvalue weighted by Gasteiger charge is -2.23. The van der Waals surface area contributed by atoms with E-state index < -0.39 is 29.7 Å². The van der Waals surface area contributed by atoms with E-state index in [1.54, 1.807) is 39.0 Å². The Morgan fingerprint density at radius 1 is 1.02 bits per heavy atom. The zero-order valence-corrected chi connectivity index (χ0v) is 23.8. The second-order valence-corrected chi connectivity index (χ2v) is 10.8. The van der Waals surface area contributed by atoms with Gasteiger partial charge in [-0.3, -0.25) is 9.59 Å². The molecule has 3 amide bonds. The molecule has 0 aliphatic carbocycles. The Morgan fingerprint density at radius 3 is 2.40 bits per heavy atom. The number of nitrogens with one attached hydrogen (secondary N) is 3. The summed E-state index contributed by atoms with van der Waals surface area (Å²) in [5, 5.41) is 10.5. The van der Waals surface area contributed by atoms with Crippen molar-refractivity contribution in [3.8, 4) is 5.75 Å². The summed E-state index contributed by atoms with van der Waals surface area (Å²) in [6, 6.07) is 15.1. The van der Waals surface area contributed by atoms with Gasteiger partial charge in [0.15, 0.2) is 17.1 Å². The van der Waals surface area contributed by atoms with Crippen LogP contribution >= 0.6 is 0 Å². The molecule has 214 valence electrons. The summed E-state index contributed by atoms with van der Waals surface area (Å²) < 4.78 is 16.3. The summed E-state index contributed by atoms with van der Waals surface area (Å²) >= 11 is 0. The van der Waals surface area contributed by atoms with Crippen molar-refractivity contribution in [3.63, 3.8) is 0 Å². The molecule has 2 aromatic carbocycles. The van der Waals surface area contributed by atoms with Crippen LogP contribution in [0.5, 0.6) is 5.75 Å². The van der Waals surface area contributed by atoms with Crippen molar-refractivity contribution in [1.82, 2.24) is 16.1 Å². The van der Waals surface area contributed by atoms with Crippen LogP contribution in [0.15, 0.2) is 64.1 Å². The van der Waals surface area contributed by atoms with Crippen molar-refractivity contribution in [2.45, 2.75) is 65.1 Å². The average Bonchev–Trinajstić information content (AvgIpc) is 3.32. The molecule has 10 heteroatoms. The van der Waals surface area contributed by atoms with Crippen molar-refractivity contribution < 1.29 is 28.3 Å². The minimum Gasteiger partial charge on any atom is -0.493 e. The van der Waals surface area contributed by atoms with Gasteiger partial charge in [-0.05, 0) is 57.2 Å². The maximum absolute atomic E-state index is 13.5. The number of rotatable bonds is 11. The van der Waals surface area contributed by atoms with Crippen LogP contribution in [0.3, 0.4) is 0 Å². The smallest absolute Gasteiger partial charge is 0.428 e. The van der Waals surface area contributed by atoms with Gasteiger partial charge in [0.25, 0.3) is 5.91 Å². The second-order valence-electron chi connectivity index (χ2n) is 10.8. The first-order valence-corrected chi connectivity index (χ1v) is 13.2. The van der Waals surface area contributed by atoms with E-state index in [0.29, 0.717) is 29.6 Å². The molecule has 40 heavy (non-hydrogen) atoms. The van der Waals surface area contributed by atoms with E-state index in [0.717, 1.165) is 5.56 Å². The fourth-order valence-corrected chi connectivity index (χ4v) is 4.01. The number of hydrogen-bond acceptors (Lipinski definition) is 7. The maximum atomic E-state index is 13.5. The molecule has 3 aromatic rings. The van der Waals surface area contributed by atoms with Gasteiger partial charge in [-0.25, -0.2) is 10.2 Å². The van der Waals surface area contributed by atoms with Crippen molar-refractivity contribution >= 4 is 35.1 Å². The molecule has 0 saturated heterocycles. The minimum atomic E-state index is -0.840. The van der Waals surface area contributed by atoms with Gasteiger partial charge < -0.3 is 24.5 Å². The quantitative estimate of drug-likeness (QED) is 0.232. The summed E-state index contributed by atoms with van der Waals surface area (Å²) in [6.07, 6.45) is 1.54. The Balaban J connectivity index is 1.76. The van der Waals surface area contributed by atoms with E-state index in [2.05, 4.69) is 21.2 Å². The third-order valence-corrected chi connectivity index (χ3v) is 5.72. The molecule has 1 heterocycles. The topological polar surface area (TPSA) is 131 Å². The molecule has 10 nitrogen and oxygen atoms in total. The van der Waals surface area contributed by atoms with Crippen LogP contribution in [0.2, 0.25) is 0 Å². The molecule has 0 fully saturated rings. The highest BCUT2D eigenvalue weighted by Gasteiger charge is 2.26. The Hall–Kier alpha value is -4.34. The summed E-state index contributed by atoms with van der Waals surface area (Å²) in [5.74, 6) is -0.206. The molecule has 3 N–H and O–H groups in total. The molecule has 3 rings (SSSR count). The normalized spacial score (nSPS) is 13.2. The summed E-state index contributed by atoms with van der Waals surface area (Å²) in [6.45, 7) is 9.18. The predicted molar refractivity (Wildman–Crippen MR) is 153 cm³/mol. The minimum absolute atomic E-state index is 0.0741. The number of amides is 3. The van der Waals surface area contributed by atoms with Crippen molar-refractivity contribution in [3.05, 3.63) is 65.9 Å². The molecule has 1 aromatic heterocycles. The number of fused-ring (bicyclic) bond motifs is 1. The number of benzene rings is 2. The predicted octanol–water partition coefficient (Wildman–Crippen LogP) is 4.82. The van der Waals surface area contributed by atoms with Gasteiger partial charge in [0.2, 0.25) is 5.91 Å². The van der Waals surface area contributed by atoms with E-state index in [1.165, 1.54) is 13.3 Å². The molecule has 0 unspecified atom stereocenters. The van der Waals surface area contributed by atoms with E-state index >= 15 is 0 Å². The first-order chi connectivity index (χ1) is 18.9. The van der Waals surface area contributed by atoms with Crippen molar-refractivity contribution in [2.24, 2.45) is 11.0 Å². The number of furan rings is 1. The third-order valence-electron chi connectivity index (χ3n) is 5.72. The van der Waals surface area contributed by atoms with Crippen molar-refractivity contribution in [2.75, 3.05) is 7.11 Å². The molecule has 0 aliphatic heterocycles. The Kier molecular flexibility index (Phi) is 10.3. The number of ether oxygens (including phenoxy) is 2. The monoisotopic (exact) mass is 550 g/mol. The number of carbonyl (C=O) groups excluding carboxylic acids is 3. The van der Waals surface area contributed by atoms with E-state index in [4.69, 9.17) is 13.9 Å². The number of carbonyl (C=O) groups is 3. The summed E-state index contributed by atoms with van der Waals surface area (Å²) in [5.41, 5.74) is 3.07. The molecule has 0 saturated carbocycles. The largest absolute Gasteiger partial charge is 0.493 e. The molecule has 0 spiro atoms. The van der Waals surface area contributed by atoms with Gasteiger partial charge in [0, 0.05) is 11.6 Å². The molecular formula is C30H38N4O6. The number of methoxy groups -OCH3 is 1. The van der Waals surface area contributed by atoms with E-state index in [1.807, 2.05) is 50.2 Å². The lowest BCUT2D eigenvalue weighted by molar-refractivity contribution is -0.123. The summed E-state index contributed by atoms with van der Waals surface area (Å²) in [4.78, 5) is 38.6. The second kappa shape index (κ2) is 13.6. The number of nitrogens with zero attached hydrogens (tertiary/aromatic N) is 1. The van der Waals surface area contributed by atoms with Gasteiger partial charge in [0.1, 0.15) is 11.6 Å². The number of para-hydroxylation sites is 1. The first-order valence-electron chi connectivity index (χ1n) is 13.2. The lowest BCUT2D eigenvalue weighted by atomic mass is 10.0. The van der Waals surface area contributed by atoms with Gasteiger partial charge in [-0.2, -0.15) is 5.10 Å². The third kappa shape index (κ3) is 9.14. The Morgan fingerprint density at radius 2 is 1.75 bits per heavy atom. The Bertz CT molecular complexity index is 1330. The standard InChI is InChI=1S/C30H38N4O6/c1-19(2)15-23(33-28(36)25-17-21-13-10-14-24(38-6)26(21)39-25)27(35)32-22(16-20-11-8-7-9-12-20)18-31-34-29(37)40-30(3,4)5/h7-14,17-19,22-23H,15-16H2,1-6H3,(H,32,35)(H,33,36)(H,34,37)/b31-18+/t22-,23-/m0/s1. The van der Waals surface area contributed by atoms with Crippen LogP contribution in [0.1, 0.15) is 57.2 Å². The van der Waals surface area contributed by atoms with Gasteiger partial charge >= 0.3 is 6.09 Å². The highest BCUT2D eigenvalue weighted by Crippen LogP contribution is 2.28. The van der Waals surface area contributed by atoms with Crippen LogP contribution in [-0.2, 0) is 16.0 Å². The molecular weight excluding hydrogens is 512 g/mol. The van der Waals surface area contributed by atoms with Crippen LogP contribution < -0.4 is 20.8 Å². The van der Waals surface area contributed by atoms with Gasteiger partial charge in [-0.1, -0.05) is 56.3 Å². The molecule has 0 radical (unpaired) electrons. The maximum Gasteiger partial charge on any atom is 0.428 e. The van der Waals surface area contributed by atoms with E-state index in [-0.39, 0.29) is 17.6 Å². The molecule has 0 aliphatic rings. The van der Waals surface area contributed by atoms with Gasteiger partial charge in [0.05, 0.1) is 13.2 Å². The zero-order valence-electron chi connectivity index (χ0n) is 23.8. The van der Waals surface area contributed by atoms with Crippen LogP contribution in [-0.4, -0.2) is 48.9 Å². The fraction of sp³-hybridized carbons (Fsp3) is 0.400. The first kappa shape index (κ1) is 30.2. The highest BCUT2D eigenvalue weighted by atomic mass is 16.6. The SMILES string of the molecule is COc1cccc2cc(C(=O)N[C@@H](CC(C)C)C(=O)N[C@H](/C=N/NC(=O)OC(C)(C)C)Cc3ccccc3)oc12. The zero-order chi connectivity index (χ0) is 29.3. The van der Waals surface area contributed by atoms with E-state index in [9.17, 15) is 14.4 Å². The van der Waals surface area contributed by atoms with Crippen LogP contribution in [0.4, 0.5) is 4.79 Å². The average molecular weight is 551 g/mol. The number of hydrogen-bond donors (Lipinski definition) is 3. The fourth-order valence-electron chi connectivity index (χ4n) is 4.01. The number of hydrazone groups is 1. The van der Waals surface area contributed by atoms with Crippen LogP contribution in [0, 0.1) is 5.92 Å². The van der Waals surface area contributed by atoms with Gasteiger partial charge in [-0.15, -0.1) is 0 Å². The lowest BCUT2D eigenvalue weighted by Crippen LogP contribution is -2.51. The molecule has 0 bridgehead atoms. The molecule has 2 atom stereocenters.